The van der Waals surface area contributed by atoms with Crippen molar-refractivity contribution in [3.63, 3.8) is 0 Å². The molecule has 3 rings (SSSR count). The maximum Gasteiger partial charge on any atom is 0.330 e. The highest BCUT2D eigenvalue weighted by Crippen LogP contribution is 2.43. The molecule has 4 heteroatoms. The largest absolute Gasteiger partial charge is 0.425 e. The van der Waals surface area contributed by atoms with Crippen LogP contribution in [0.15, 0.2) is 24.3 Å². The molecular weight excluding hydrogens is 381 g/mol. The molecule has 2 aliphatic carbocycles. The number of benzene rings is 1. The molecule has 2 aliphatic rings. The summed E-state index contributed by atoms with van der Waals surface area (Å²) in [6.45, 7) is 17.9. The van der Waals surface area contributed by atoms with Crippen LogP contribution in [0.5, 0.6) is 0 Å². The number of rotatable bonds is 7. The Morgan fingerprint density at radius 1 is 0.871 bits per heavy atom. The van der Waals surface area contributed by atoms with Crippen molar-refractivity contribution in [2.24, 2.45) is 16.7 Å². The van der Waals surface area contributed by atoms with Crippen LogP contribution in [0.4, 0.5) is 5.69 Å². The van der Waals surface area contributed by atoms with E-state index < -0.39 is 0 Å². The number of aliphatic hydroxyl groups excluding tert-OH is 1. The van der Waals surface area contributed by atoms with Crippen LogP contribution < -0.4 is 10.8 Å². The smallest absolute Gasteiger partial charge is 0.330 e. The number of hydrogen-bond acceptors (Lipinski definition) is 3. The third-order valence-corrected chi connectivity index (χ3v) is 7.99. The Morgan fingerprint density at radius 2 is 1.42 bits per heavy atom. The molecule has 0 aliphatic heterocycles. The molecule has 2 saturated carbocycles. The maximum atomic E-state index is 10.6. The fraction of sp³-hybridized carbons (Fsp3) is 0.778. The first-order valence-corrected chi connectivity index (χ1v) is 12.5. The minimum atomic E-state index is -0.204. The first kappa shape index (κ1) is 24.6. The first-order valence-electron chi connectivity index (χ1n) is 12.5. The number of hydrogen-bond donors (Lipinski definition) is 2. The molecule has 1 atom stereocenters. The van der Waals surface area contributed by atoms with E-state index in [0.29, 0.717) is 17.8 Å². The van der Waals surface area contributed by atoms with E-state index in [4.69, 9.17) is 4.65 Å². The third-order valence-electron chi connectivity index (χ3n) is 7.99. The lowest BCUT2D eigenvalue weighted by atomic mass is 9.55. The normalized spacial score (nSPS) is 24.0. The van der Waals surface area contributed by atoms with Crippen molar-refractivity contribution in [1.29, 1.82) is 0 Å². The van der Waals surface area contributed by atoms with E-state index in [1.165, 1.54) is 24.0 Å². The molecule has 0 heterocycles. The highest BCUT2D eigenvalue weighted by molar-refractivity contribution is 6.69. The summed E-state index contributed by atoms with van der Waals surface area (Å²) in [5.41, 5.74) is 2.41. The zero-order chi connectivity index (χ0) is 23.0. The van der Waals surface area contributed by atoms with Crippen LogP contribution in [-0.4, -0.2) is 29.8 Å². The van der Waals surface area contributed by atoms with E-state index in [1.54, 1.807) is 0 Å². The van der Waals surface area contributed by atoms with Crippen molar-refractivity contribution in [2.45, 2.75) is 117 Å². The van der Waals surface area contributed by atoms with Gasteiger partial charge in [0.15, 0.2) is 0 Å². The van der Waals surface area contributed by atoms with Crippen LogP contribution >= 0.6 is 0 Å². The summed E-state index contributed by atoms with van der Waals surface area (Å²) in [6.07, 6.45) is 6.81. The van der Waals surface area contributed by atoms with E-state index in [9.17, 15) is 5.11 Å². The first-order chi connectivity index (χ1) is 14.3. The van der Waals surface area contributed by atoms with E-state index in [0.717, 1.165) is 25.7 Å². The van der Waals surface area contributed by atoms with Gasteiger partial charge in [0, 0.05) is 11.7 Å². The van der Waals surface area contributed by atoms with Gasteiger partial charge in [-0.25, -0.2) is 0 Å². The van der Waals surface area contributed by atoms with Crippen molar-refractivity contribution in [2.75, 3.05) is 5.32 Å². The lowest BCUT2D eigenvalue weighted by Gasteiger charge is -2.41. The zero-order valence-electron chi connectivity index (χ0n) is 21.3. The predicted octanol–water partition coefficient (Wildman–Crippen LogP) is 6.27. The highest BCUT2D eigenvalue weighted by atomic mass is 16.5. The molecule has 2 fully saturated rings. The van der Waals surface area contributed by atoms with Gasteiger partial charge >= 0.3 is 6.92 Å². The average Bonchev–Trinajstić information content (AvgIpc) is 3.50. The topological polar surface area (TPSA) is 41.5 Å². The van der Waals surface area contributed by atoms with Gasteiger partial charge in [0.05, 0.1) is 11.7 Å². The second kappa shape index (κ2) is 9.10. The lowest BCUT2D eigenvalue weighted by molar-refractivity contribution is -0.00299. The van der Waals surface area contributed by atoms with Crippen molar-refractivity contribution in [1.82, 2.24) is 0 Å². The minimum Gasteiger partial charge on any atom is -0.425 e. The SMILES string of the molecule is CC(C)(C)C(O)C1CCC(Nc2ccc(B(OC(C)(C)C(C)(C)C)C3CC3)cc2)CC1. The van der Waals surface area contributed by atoms with Gasteiger partial charge in [-0.3, -0.25) is 0 Å². The third kappa shape index (κ3) is 6.29. The Kier molecular flexibility index (Phi) is 7.23. The zero-order valence-corrected chi connectivity index (χ0v) is 21.3. The Hall–Kier alpha value is -0.995. The van der Waals surface area contributed by atoms with Crippen LogP contribution in [-0.2, 0) is 4.65 Å². The molecule has 1 aromatic rings. The Labute approximate surface area is 191 Å². The van der Waals surface area contributed by atoms with Crippen molar-refractivity contribution in [3.8, 4) is 0 Å². The fourth-order valence-electron chi connectivity index (χ4n) is 4.62. The van der Waals surface area contributed by atoms with Crippen molar-refractivity contribution < 1.29 is 9.76 Å². The van der Waals surface area contributed by atoms with Crippen molar-refractivity contribution in [3.05, 3.63) is 24.3 Å². The molecule has 0 radical (unpaired) electrons. The van der Waals surface area contributed by atoms with Gasteiger partial charge in [0.1, 0.15) is 0 Å². The molecule has 1 unspecified atom stereocenters. The van der Waals surface area contributed by atoms with Gasteiger partial charge in [-0.05, 0) is 79.7 Å². The fourth-order valence-corrected chi connectivity index (χ4v) is 4.62. The molecule has 1 aromatic carbocycles. The second-order valence-electron chi connectivity index (χ2n) is 12.8. The Bertz CT molecular complexity index is 704. The van der Waals surface area contributed by atoms with Gasteiger partial charge in [-0.1, -0.05) is 66.5 Å². The van der Waals surface area contributed by atoms with Crippen LogP contribution in [0.3, 0.4) is 0 Å². The maximum absolute atomic E-state index is 10.6. The molecule has 174 valence electrons. The molecular formula is C27H46BNO2. The van der Waals surface area contributed by atoms with Gasteiger partial charge in [0.2, 0.25) is 0 Å². The molecule has 0 saturated heterocycles. The summed E-state index contributed by atoms with van der Waals surface area (Å²) >= 11 is 0. The molecule has 0 amide bonds. The molecule has 0 spiro atoms. The Morgan fingerprint density at radius 3 is 1.87 bits per heavy atom. The van der Waals surface area contributed by atoms with E-state index >= 15 is 0 Å². The monoisotopic (exact) mass is 427 g/mol. The van der Waals surface area contributed by atoms with E-state index in [2.05, 4.69) is 85.0 Å². The summed E-state index contributed by atoms with van der Waals surface area (Å²) in [6, 6.07) is 9.49. The summed E-state index contributed by atoms with van der Waals surface area (Å²) in [7, 11) is 0. The van der Waals surface area contributed by atoms with E-state index in [1.807, 2.05) is 0 Å². The van der Waals surface area contributed by atoms with Gasteiger partial charge in [-0.2, -0.15) is 0 Å². The van der Waals surface area contributed by atoms with Crippen LogP contribution in [0, 0.1) is 16.7 Å². The van der Waals surface area contributed by atoms with Crippen LogP contribution in [0.25, 0.3) is 0 Å². The number of anilines is 1. The van der Waals surface area contributed by atoms with E-state index in [-0.39, 0.29) is 29.5 Å². The standard InChI is InChI=1S/C27H46BNO2/c1-25(2,3)24(30)19-9-15-22(16-10-19)29-23-17-13-21(14-18-23)28(20-11-12-20)31-27(7,8)26(4,5)6/h13-14,17-20,22,24,29-30H,9-12,15-16H2,1-8H3. The van der Waals surface area contributed by atoms with Crippen molar-refractivity contribution >= 4 is 18.1 Å². The predicted molar refractivity (Wildman–Crippen MR) is 134 cm³/mol. The molecule has 31 heavy (non-hydrogen) atoms. The van der Waals surface area contributed by atoms with Crippen LogP contribution in [0.2, 0.25) is 5.82 Å². The highest BCUT2D eigenvalue weighted by Gasteiger charge is 2.44. The second-order valence-corrected chi connectivity index (χ2v) is 12.8. The molecule has 2 N–H and O–H groups in total. The van der Waals surface area contributed by atoms with Gasteiger partial charge in [0.25, 0.3) is 0 Å². The number of aliphatic hydroxyl groups is 1. The summed E-state index contributed by atoms with van der Waals surface area (Å²) in [4.78, 5) is 0. The Balaban J connectivity index is 1.58. The summed E-state index contributed by atoms with van der Waals surface area (Å²) < 4.78 is 6.72. The summed E-state index contributed by atoms with van der Waals surface area (Å²) in [5.74, 6) is 1.09. The molecule has 0 bridgehead atoms. The van der Waals surface area contributed by atoms with Crippen LogP contribution in [0.1, 0.15) is 93.9 Å². The van der Waals surface area contributed by atoms with Gasteiger partial charge < -0.3 is 15.1 Å². The quantitative estimate of drug-likeness (QED) is 0.504. The minimum absolute atomic E-state index is 0.0253. The molecule has 0 aromatic heterocycles. The average molecular weight is 427 g/mol. The van der Waals surface area contributed by atoms with Gasteiger partial charge in [-0.15, -0.1) is 0 Å². The lowest BCUT2D eigenvalue weighted by Crippen LogP contribution is -2.48. The molecule has 3 nitrogen and oxygen atoms in total. The number of nitrogens with one attached hydrogen (secondary N) is 1. The summed E-state index contributed by atoms with van der Waals surface area (Å²) in [5, 5.41) is 14.4.